The molecule has 3 aromatic carbocycles. The number of rotatable bonds is 8. The van der Waals surface area contributed by atoms with Gasteiger partial charge >= 0.3 is 7.12 Å². The summed E-state index contributed by atoms with van der Waals surface area (Å²) in [4.78, 5) is 31.3. The molecule has 12 nitrogen and oxygen atoms in total. The van der Waals surface area contributed by atoms with Crippen LogP contribution in [0.25, 0.3) is 0 Å². The molecule has 1 aliphatic heterocycles. The second-order valence-corrected chi connectivity index (χ2v) is 14.7. The van der Waals surface area contributed by atoms with E-state index in [2.05, 4.69) is 82.8 Å². The molecular formula is C43H48BBrN6O6. The van der Waals surface area contributed by atoms with Gasteiger partial charge in [0.2, 0.25) is 0 Å². The summed E-state index contributed by atoms with van der Waals surface area (Å²) in [6, 6.07) is 35.3. The molecule has 4 heterocycles. The zero-order valence-corrected chi connectivity index (χ0v) is 33.3. The monoisotopic (exact) mass is 834 g/mol. The summed E-state index contributed by atoms with van der Waals surface area (Å²) in [5.41, 5.74) is 11.6. The van der Waals surface area contributed by atoms with Crippen LogP contribution in [-0.4, -0.2) is 43.1 Å². The number of nitrogen functional groups attached to an aromatic ring is 1. The maximum absolute atomic E-state index is 10.6. The molecule has 0 radical (unpaired) electrons. The van der Waals surface area contributed by atoms with Crippen molar-refractivity contribution < 1.29 is 19.2 Å². The zero-order chi connectivity index (χ0) is 40.6. The fourth-order valence-corrected chi connectivity index (χ4v) is 5.65. The third-order valence-electron chi connectivity index (χ3n) is 8.76. The van der Waals surface area contributed by atoms with Crippen LogP contribution in [0.2, 0.25) is 0 Å². The van der Waals surface area contributed by atoms with E-state index in [4.69, 9.17) is 15.0 Å². The summed E-state index contributed by atoms with van der Waals surface area (Å²) in [7, 11) is -0.132. The van der Waals surface area contributed by atoms with Crippen LogP contribution >= 0.6 is 15.9 Å². The van der Waals surface area contributed by atoms with E-state index in [1.165, 1.54) is 35.8 Å². The fraction of sp³-hybridized carbons (Fsp3) is 0.233. The van der Waals surface area contributed by atoms with Gasteiger partial charge in [-0.25, -0.2) is 0 Å². The second-order valence-electron chi connectivity index (χ2n) is 13.8. The molecule has 57 heavy (non-hydrogen) atoms. The molecule has 0 aliphatic carbocycles. The van der Waals surface area contributed by atoms with E-state index in [9.17, 15) is 20.2 Å². The van der Waals surface area contributed by atoms with Gasteiger partial charge in [-0.05, 0) is 84.8 Å². The van der Waals surface area contributed by atoms with Crippen molar-refractivity contribution in [3.63, 3.8) is 0 Å². The number of hydrogen-bond donors (Lipinski definition) is 1. The van der Waals surface area contributed by atoms with Crippen LogP contribution in [0.15, 0.2) is 151 Å². The number of nitrogens with zero attached hydrogens (tertiary/aromatic N) is 5. The van der Waals surface area contributed by atoms with Crippen LogP contribution in [0.4, 0.5) is 17.1 Å². The minimum Gasteiger partial charge on any atom is -0.403 e. The standard InChI is InChI=1S/C13H19BO2.C12H10N2O2.C12H12N2.C5H3BrN2O2.CH4/c1-12(2)13(3,4)16-14(15-12)10-11-8-6-5-7-9-11;15-14(16)12-7-11(8-13-9-12)6-10-4-2-1-3-5-10;13-12-7-11(8-14-9-12)6-10-4-2-1-3-5-10;6-4-1-5(8(9)10)3-7-2-4;/h5-9H,10H2,1-4H3;1-5,7-9H,6H2;1-5,7-9H,6,13H2;1-3H;1H4. The van der Waals surface area contributed by atoms with E-state index in [1.807, 2.05) is 79.0 Å². The van der Waals surface area contributed by atoms with Crippen molar-refractivity contribution in [2.45, 2.75) is 65.5 Å². The summed E-state index contributed by atoms with van der Waals surface area (Å²) in [5.74, 6) is 0. The highest BCUT2D eigenvalue weighted by Gasteiger charge is 2.50. The van der Waals surface area contributed by atoms with Crippen LogP contribution in [0.3, 0.4) is 0 Å². The van der Waals surface area contributed by atoms with Gasteiger partial charge in [-0.2, -0.15) is 0 Å². The van der Waals surface area contributed by atoms with Gasteiger partial charge in [0.05, 0.1) is 26.7 Å². The smallest absolute Gasteiger partial charge is 0.403 e. The molecule has 2 N–H and O–H groups in total. The van der Waals surface area contributed by atoms with Crippen LogP contribution in [-0.2, 0) is 28.5 Å². The Kier molecular flexibility index (Phi) is 17.6. The number of halogens is 1. The Hall–Kier alpha value is -5.83. The predicted octanol–water partition coefficient (Wildman–Crippen LogP) is 10.1. The van der Waals surface area contributed by atoms with Gasteiger partial charge in [0.15, 0.2) is 0 Å². The maximum Gasteiger partial charge on any atom is 0.462 e. The number of hydrogen-bond acceptors (Lipinski definition) is 10. The minimum absolute atomic E-state index is 0. The third kappa shape index (κ3) is 15.3. The Morgan fingerprint density at radius 3 is 1.42 bits per heavy atom. The Bertz CT molecular complexity index is 2130. The van der Waals surface area contributed by atoms with E-state index in [0.29, 0.717) is 10.9 Å². The van der Waals surface area contributed by atoms with Crippen LogP contribution in [0.5, 0.6) is 0 Å². The van der Waals surface area contributed by atoms with Crippen molar-refractivity contribution in [2.24, 2.45) is 0 Å². The molecule has 0 saturated carbocycles. The topological polar surface area (TPSA) is 169 Å². The molecule has 1 fully saturated rings. The molecular weight excluding hydrogens is 787 g/mol. The van der Waals surface area contributed by atoms with E-state index < -0.39 is 9.85 Å². The number of benzene rings is 3. The number of nitrogens with two attached hydrogens (primary N) is 1. The van der Waals surface area contributed by atoms with Gasteiger partial charge in [-0.3, -0.25) is 35.2 Å². The predicted molar refractivity (Wildman–Crippen MR) is 230 cm³/mol. The van der Waals surface area contributed by atoms with E-state index in [-0.39, 0.29) is 37.1 Å². The molecule has 296 valence electrons. The lowest BCUT2D eigenvalue weighted by Crippen LogP contribution is -2.41. The summed E-state index contributed by atoms with van der Waals surface area (Å²) >= 11 is 3.06. The van der Waals surface area contributed by atoms with Crippen LogP contribution in [0, 0.1) is 20.2 Å². The van der Waals surface area contributed by atoms with Crippen molar-refractivity contribution in [1.82, 2.24) is 15.0 Å². The average molecular weight is 836 g/mol. The van der Waals surface area contributed by atoms with Crippen LogP contribution in [0.1, 0.15) is 62.9 Å². The van der Waals surface area contributed by atoms with Gasteiger partial charge in [0, 0.05) is 47.7 Å². The fourth-order valence-electron chi connectivity index (χ4n) is 5.29. The first-order chi connectivity index (χ1) is 26.7. The molecule has 0 amide bonds. The maximum atomic E-state index is 10.6. The minimum atomic E-state index is -0.488. The molecule has 0 bridgehead atoms. The van der Waals surface area contributed by atoms with Crippen molar-refractivity contribution in [3.8, 4) is 0 Å². The van der Waals surface area contributed by atoms with Crippen molar-refractivity contribution in [2.75, 3.05) is 5.73 Å². The highest BCUT2D eigenvalue weighted by molar-refractivity contribution is 9.10. The Labute approximate surface area is 343 Å². The largest absolute Gasteiger partial charge is 0.462 e. The first-order valence-corrected chi connectivity index (χ1v) is 18.5. The summed E-state index contributed by atoms with van der Waals surface area (Å²) in [6.07, 6.45) is 11.5. The molecule has 6 aromatic rings. The van der Waals surface area contributed by atoms with Crippen molar-refractivity contribution in [3.05, 3.63) is 199 Å². The summed E-state index contributed by atoms with van der Waals surface area (Å²) in [5, 5.41) is 20.7. The quantitative estimate of drug-likeness (QED) is 0.0884. The van der Waals surface area contributed by atoms with Gasteiger partial charge in [-0.1, -0.05) is 104 Å². The zero-order valence-electron chi connectivity index (χ0n) is 31.7. The molecule has 1 saturated heterocycles. The Balaban J connectivity index is 0.000000205. The van der Waals surface area contributed by atoms with Crippen molar-refractivity contribution in [1.29, 1.82) is 0 Å². The van der Waals surface area contributed by atoms with Gasteiger partial charge in [0.1, 0.15) is 12.4 Å². The van der Waals surface area contributed by atoms with Gasteiger partial charge in [0.25, 0.3) is 11.4 Å². The first-order valence-electron chi connectivity index (χ1n) is 17.7. The lowest BCUT2D eigenvalue weighted by atomic mass is 9.81. The molecule has 1 aliphatic rings. The van der Waals surface area contributed by atoms with Gasteiger partial charge < -0.3 is 15.0 Å². The summed E-state index contributed by atoms with van der Waals surface area (Å²) < 4.78 is 12.5. The van der Waals surface area contributed by atoms with Crippen LogP contribution < -0.4 is 5.73 Å². The molecule has 0 unspecified atom stereocenters. The molecule has 3 aromatic heterocycles. The van der Waals surface area contributed by atoms with E-state index >= 15 is 0 Å². The number of anilines is 1. The summed E-state index contributed by atoms with van der Waals surface area (Å²) in [6.45, 7) is 8.33. The molecule has 14 heteroatoms. The number of pyridine rings is 3. The lowest BCUT2D eigenvalue weighted by Gasteiger charge is -2.32. The Morgan fingerprint density at radius 1 is 0.596 bits per heavy atom. The molecule has 0 spiro atoms. The SMILES string of the molecule is C.CC1(C)OB(Cc2ccccc2)OC1(C)C.Nc1cncc(Cc2ccccc2)c1.O=[N+]([O-])c1cncc(Br)c1.O=[N+]([O-])c1cncc(Cc2ccccc2)c1. The highest BCUT2D eigenvalue weighted by atomic mass is 79.9. The highest BCUT2D eigenvalue weighted by Crippen LogP contribution is 2.37. The molecule has 0 atom stereocenters. The normalized spacial score (nSPS) is 13.2. The van der Waals surface area contributed by atoms with Crippen molar-refractivity contribution >= 4 is 40.1 Å². The van der Waals surface area contributed by atoms with E-state index in [1.54, 1.807) is 18.5 Å². The number of aromatic nitrogens is 3. The average Bonchev–Trinajstić information content (AvgIpc) is 3.38. The second kappa shape index (κ2) is 22.1. The first kappa shape index (κ1) is 45.6. The van der Waals surface area contributed by atoms with E-state index in [0.717, 1.165) is 35.1 Å². The molecule has 7 rings (SSSR count). The number of nitro groups is 2. The third-order valence-corrected chi connectivity index (χ3v) is 9.19. The lowest BCUT2D eigenvalue weighted by molar-refractivity contribution is -0.385. The Morgan fingerprint density at radius 2 is 1.00 bits per heavy atom. The van der Waals surface area contributed by atoms with Gasteiger partial charge in [-0.15, -0.1) is 0 Å².